The van der Waals surface area contributed by atoms with Gasteiger partial charge in [0, 0.05) is 11.6 Å². The molecule has 0 aliphatic heterocycles. The Morgan fingerprint density at radius 2 is 1.89 bits per heavy atom. The molecule has 0 spiro atoms. The van der Waals surface area contributed by atoms with E-state index < -0.39 is 6.36 Å². The van der Waals surface area contributed by atoms with Gasteiger partial charge in [-0.3, -0.25) is 0 Å². The normalized spacial score (nSPS) is 15.1. The van der Waals surface area contributed by atoms with Gasteiger partial charge in [-0.05, 0) is 25.5 Å². The third kappa shape index (κ3) is 4.74. The van der Waals surface area contributed by atoms with Crippen molar-refractivity contribution in [1.29, 1.82) is 0 Å². The van der Waals surface area contributed by atoms with Crippen LogP contribution in [0.3, 0.4) is 0 Å². The van der Waals surface area contributed by atoms with Gasteiger partial charge in [0.15, 0.2) is 0 Å². The lowest BCUT2D eigenvalue weighted by Gasteiger charge is -2.26. The molecule has 1 N–H and O–H groups in total. The largest absolute Gasteiger partial charge is 0.573 e. The lowest BCUT2D eigenvalue weighted by atomic mass is 9.90. The average molecular weight is 275 g/mol. The highest BCUT2D eigenvalue weighted by Crippen LogP contribution is 2.34. The predicted molar refractivity (Wildman–Crippen MR) is 69.0 cm³/mol. The SMILES string of the molecule is CCCC(C)C(NC)c1ccccc1OC(F)(F)F. The molecule has 1 aromatic carbocycles. The molecule has 0 bridgehead atoms. The van der Waals surface area contributed by atoms with Crippen LogP contribution < -0.4 is 10.1 Å². The minimum absolute atomic E-state index is 0.127. The van der Waals surface area contributed by atoms with Gasteiger partial charge >= 0.3 is 6.36 Å². The van der Waals surface area contributed by atoms with Crippen LogP contribution in [0, 0.1) is 5.92 Å². The number of rotatable bonds is 6. The lowest BCUT2D eigenvalue weighted by molar-refractivity contribution is -0.275. The van der Waals surface area contributed by atoms with Gasteiger partial charge in [-0.2, -0.15) is 0 Å². The standard InChI is InChI=1S/C14H20F3NO/c1-4-7-10(2)13(18-3)11-8-5-6-9-12(11)19-14(15,16)17/h5-6,8-10,13,18H,4,7H2,1-3H3. The molecule has 0 aromatic heterocycles. The number of hydrogen-bond acceptors (Lipinski definition) is 2. The summed E-state index contributed by atoms with van der Waals surface area (Å²) < 4.78 is 41.3. The van der Waals surface area contributed by atoms with E-state index in [9.17, 15) is 13.2 Å². The number of alkyl halides is 3. The summed E-state index contributed by atoms with van der Waals surface area (Å²) in [5, 5.41) is 3.08. The Labute approximate surface area is 112 Å². The highest BCUT2D eigenvalue weighted by atomic mass is 19.4. The first-order chi connectivity index (χ1) is 8.89. The van der Waals surface area contributed by atoms with Crippen molar-refractivity contribution in [2.24, 2.45) is 5.92 Å². The van der Waals surface area contributed by atoms with Crippen LogP contribution >= 0.6 is 0 Å². The first-order valence-electron chi connectivity index (χ1n) is 6.41. The van der Waals surface area contributed by atoms with E-state index in [4.69, 9.17) is 0 Å². The Balaban J connectivity index is 3.03. The van der Waals surface area contributed by atoms with Crippen molar-refractivity contribution < 1.29 is 17.9 Å². The molecule has 2 nitrogen and oxygen atoms in total. The number of nitrogens with one attached hydrogen (secondary N) is 1. The van der Waals surface area contributed by atoms with Crippen LogP contribution in [0.1, 0.15) is 38.3 Å². The molecule has 108 valence electrons. The van der Waals surface area contributed by atoms with Crippen LogP contribution in [0.4, 0.5) is 13.2 Å². The highest BCUT2D eigenvalue weighted by molar-refractivity contribution is 5.36. The Kier molecular flexibility index (Phi) is 5.66. The van der Waals surface area contributed by atoms with E-state index in [1.807, 2.05) is 6.92 Å². The quantitative estimate of drug-likeness (QED) is 0.836. The topological polar surface area (TPSA) is 21.3 Å². The van der Waals surface area contributed by atoms with Gasteiger partial charge in [-0.25, -0.2) is 0 Å². The van der Waals surface area contributed by atoms with Gasteiger partial charge < -0.3 is 10.1 Å². The maximum atomic E-state index is 12.4. The second-order valence-corrected chi connectivity index (χ2v) is 4.62. The van der Waals surface area contributed by atoms with Crippen molar-refractivity contribution >= 4 is 0 Å². The third-order valence-electron chi connectivity index (χ3n) is 3.10. The molecule has 0 saturated carbocycles. The van der Waals surface area contributed by atoms with Crippen molar-refractivity contribution in [1.82, 2.24) is 5.32 Å². The lowest BCUT2D eigenvalue weighted by Crippen LogP contribution is -2.26. The molecule has 2 unspecified atom stereocenters. The summed E-state index contributed by atoms with van der Waals surface area (Å²) in [6.07, 6.45) is -2.74. The van der Waals surface area contributed by atoms with Gasteiger partial charge in [0.2, 0.25) is 0 Å². The Morgan fingerprint density at radius 1 is 1.26 bits per heavy atom. The average Bonchev–Trinajstić information content (AvgIpc) is 2.30. The summed E-state index contributed by atoms with van der Waals surface area (Å²) in [5.41, 5.74) is 0.545. The van der Waals surface area contributed by atoms with E-state index in [1.54, 1.807) is 25.2 Å². The third-order valence-corrected chi connectivity index (χ3v) is 3.10. The molecule has 0 aliphatic carbocycles. The van der Waals surface area contributed by atoms with Crippen LogP contribution in [0.2, 0.25) is 0 Å². The first-order valence-corrected chi connectivity index (χ1v) is 6.41. The molecule has 2 atom stereocenters. The maximum Gasteiger partial charge on any atom is 0.573 e. The van der Waals surface area contributed by atoms with Gasteiger partial charge in [0.25, 0.3) is 0 Å². The zero-order valence-electron chi connectivity index (χ0n) is 11.4. The fourth-order valence-electron chi connectivity index (χ4n) is 2.32. The molecule has 1 rings (SSSR count). The zero-order valence-corrected chi connectivity index (χ0v) is 11.4. The predicted octanol–water partition coefficient (Wildman–Crippen LogP) is 4.28. The van der Waals surface area contributed by atoms with Crippen molar-refractivity contribution in [3.63, 3.8) is 0 Å². The molecule has 19 heavy (non-hydrogen) atoms. The number of ether oxygens (including phenoxy) is 1. The molecule has 0 aliphatic rings. The first kappa shape index (κ1) is 15.8. The van der Waals surface area contributed by atoms with Gasteiger partial charge in [-0.1, -0.05) is 38.5 Å². The van der Waals surface area contributed by atoms with Crippen molar-refractivity contribution in [2.75, 3.05) is 7.05 Å². The Morgan fingerprint density at radius 3 is 2.42 bits per heavy atom. The summed E-state index contributed by atoms with van der Waals surface area (Å²) in [5.74, 6) is 0.102. The Bertz CT molecular complexity index is 393. The smallest absolute Gasteiger partial charge is 0.405 e. The molecule has 5 heteroatoms. The van der Waals surface area contributed by atoms with Crippen LogP contribution in [0.15, 0.2) is 24.3 Å². The fraction of sp³-hybridized carbons (Fsp3) is 0.571. The summed E-state index contributed by atoms with van der Waals surface area (Å²) in [4.78, 5) is 0. The van der Waals surface area contributed by atoms with Crippen LogP contribution in [-0.2, 0) is 0 Å². The fourth-order valence-corrected chi connectivity index (χ4v) is 2.32. The van der Waals surface area contributed by atoms with E-state index >= 15 is 0 Å². The van der Waals surface area contributed by atoms with Gasteiger partial charge in [-0.15, -0.1) is 13.2 Å². The highest BCUT2D eigenvalue weighted by Gasteiger charge is 2.33. The molecule has 0 heterocycles. The van der Waals surface area contributed by atoms with E-state index in [0.29, 0.717) is 5.56 Å². The van der Waals surface area contributed by atoms with Crippen molar-refractivity contribution in [2.45, 2.75) is 39.1 Å². The maximum absolute atomic E-state index is 12.4. The molecule has 1 aromatic rings. The Hall–Kier alpha value is -1.23. The summed E-state index contributed by atoms with van der Waals surface area (Å²) in [7, 11) is 1.75. The molecule has 0 fully saturated rings. The summed E-state index contributed by atoms with van der Waals surface area (Å²) in [6, 6.07) is 6.14. The minimum atomic E-state index is -4.66. The van der Waals surface area contributed by atoms with Crippen LogP contribution in [0.5, 0.6) is 5.75 Å². The number of hydrogen-bond donors (Lipinski definition) is 1. The number of benzene rings is 1. The van der Waals surface area contributed by atoms with Crippen LogP contribution in [0.25, 0.3) is 0 Å². The van der Waals surface area contributed by atoms with Gasteiger partial charge in [0.05, 0.1) is 0 Å². The van der Waals surface area contributed by atoms with E-state index in [0.717, 1.165) is 12.8 Å². The van der Waals surface area contributed by atoms with Crippen molar-refractivity contribution in [3.05, 3.63) is 29.8 Å². The monoisotopic (exact) mass is 275 g/mol. The summed E-state index contributed by atoms with van der Waals surface area (Å²) >= 11 is 0. The minimum Gasteiger partial charge on any atom is -0.405 e. The van der Waals surface area contributed by atoms with Crippen LogP contribution in [-0.4, -0.2) is 13.4 Å². The van der Waals surface area contributed by atoms with Gasteiger partial charge in [0.1, 0.15) is 5.75 Å². The number of halogens is 3. The molecule has 0 amide bonds. The zero-order chi connectivity index (χ0) is 14.5. The van der Waals surface area contributed by atoms with E-state index in [1.165, 1.54) is 6.07 Å². The second kappa shape index (κ2) is 6.80. The molecular weight excluding hydrogens is 255 g/mol. The second-order valence-electron chi connectivity index (χ2n) is 4.62. The number of para-hydroxylation sites is 1. The summed E-state index contributed by atoms with van der Waals surface area (Å²) in [6.45, 7) is 4.08. The molecule has 0 saturated heterocycles. The van der Waals surface area contributed by atoms with Crippen molar-refractivity contribution in [3.8, 4) is 5.75 Å². The molecular formula is C14H20F3NO. The molecule has 0 radical (unpaired) electrons. The van der Waals surface area contributed by atoms with E-state index in [2.05, 4.69) is 17.0 Å². The van der Waals surface area contributed by atoms with E-state index in [-0.39, 0.29) is 17.7 Å².